The van der Waals surface area contributed by atoms with Gasteiger partial charge in [-0.25, -0.2) is 9.98 Å². The Morgan fingerprint density at radius 3 is 1.38 bits per heavy atom. The zero-order valence-electron chi connectivity index (χ0n) is 9.67. The van der Waals surface area contributed by atoms with E-state index in [0.717, 1.165) is 0 Å². The van der Waals surface area contributed by atoms with E-state index in [1.54, 1.807) is 0 Å². The van der Waals surface area contributed by atoms with Crippen LogP contribution in [0.5, 0.6) is 0 Å². The molecule has 0 bridgehead atoms. The number of guanidine groups is 2. The third-order valence-corrected chi connectivity index (χ3v) is 1.53. The first kappa shape index (κ1) is 14.1. The Morgan fingerprint density at radius 2 is 1.12 bits per heavy atom. The molecule has 0 radical (unpaired) electrons. The van der Waals surface area contributed by atoms with E-state index in [4.69, 9.17) is 22.9 Å². The second-order valence-electron chi connectivity index (χ2n) is 3.45. The first-order valence-electron chi connectivity index (χ1n) is 4.92. The number of hydrogen-bond acceptors (Lipinski definition) is 4. The fraction of sp³-hybridized carbons (Fsp3) is 0.750. The molecule has 0 spiro atoms. The first-order chi connectivity index (χ1) is 7.41. The number of nitrogens with two attached hydrogens (primary N) is 4. The van der Waals surface area contributed by atoms with Gasteiger partial charge in [-0.05, 0) is 13.8 Å². The Balaban J connectivity index is 3.86. The maximum atomic E-state index is 5.21. The van der Waals surface area contributed by atoms with Gasteiger partial charge in [0.15, 0.2) is 11.9 Å². The van der Waals surface area contributed by atoms with Crippen LogP contribution in [0.15, 0.2) is 20.2 Å². The van der Waals surface area contributed by atoms with Crippen molar-refractivity contribution >= 4 is 11.9 Å². The lowest BCUT2D eigenvalue weighted by Crippen LogP contribution is -2.25. The van der Waals surface area contributed by atoms with Crippen molar-refractivity contribution in [3.63, 3.8) is 0 Å². The molecule has 0 saturated carbocycles. The fourth-order valence-electron chi connectivity index (χ4n) is 0.942. The molecule has 0 aliphatic heterocycles. The Labute approximate surface area is 94.9 Å². The van der Waals surface area contributed by atoms with Crippen molar-refractivity contribution in [3.8, 4) is 0 Å². The van der Waals surface area contributed by atoms with Crippen LogP contribution in [0.25, 0.3) is 0 Å². The molecular weight excluding hydrogens is 208 g/mol. The predicted molar refractivity (Wildman–Crippen MR) is 65.1 cm³/mol. The van der Waals surface area contributed by atoms with Crippen LogP contribution >= 0.6 is 0 Å². The molecule has 0 aromatic carbocycles. The van der Waals surface area contributed by atoms with Crippen molar-refractivity contribution in [1.29, 1.82) is 0 Å². The number of nitrogens with zero attached hydrogens (tertiary/aromatic N) is 4. The van der Waals surface area contributed by atoms with Crippen molar-refractivity contribution < 1.29 is 0 Å². The Bertz CT molecular complexity index is 246. The van der Waals surface area contributed by atoms with E-state index >= 15 is 0 Å². The molecule has 0 amide bonds. The van der Waals surface area contributed by atoms with Crippen molar-refractivity contribution in [2.75, 3.05) is 13.1 Å². The molecular formula is C8H20N8. The van der Waals surface area contributed by atoms with Crippen LogP contribution in [-0.4, -0.2) is 37.1 Å². The van der Waals surface area contributed by atoms with Gasteiger partial charge in [0.2, 0.25) is 0 Å². The topological polar surface area (TPSA) is 154 Å². The molecule has 8 nitrogen and oxygen atoms in total. The fourth-order valence-corrected chi connectivity index (χ4v) is 0.942. The average molecular weight is 228 g/mol. The van der Waals surface area contributed by atoms with Crippen LogP contribution in [0.3, 0.4) is 0 Å². The normalized spacial score (nSPS) is 14.4. The zero-order valence-corrected chi connectivity index (χ0v) is 9.67. The molecule has 0 aromatic heterocycles. The summed E-state index contributed by atoms with van der Waals surface area (Å²) in [6.45, 7) is 4.56. The first-order valence-corrected chi connectivity index (χ1v) is 4.92. The lowest BCUT2D eigenvalue weighted by molar-refractivity contribution is 0.673. The van der Waals surface area contributed by atoms with Gasteiger partial charge in [-0.1, -0.05) is 0 Å². The molecule has 8 heteroatoms. The van der Waals surface area contributed by atoms with Crippen LogP contribution in [0.4, 0.5) is 0 Å². The zero-order chi connectivity index (χ0) is 12.6. The smallest absolute Gasteiger partial charge is 0.186 e. The van der Waals surface area contributed by atoms with Crippen molar-refractivity contribution in [1.82, 2.24) is 0 Å². The minimum Gasteiger partial charge on any atom is -0.370 e. The van der Waals surface area contributed by atoms with Crippen LogP contribution in [0.2, 0.25) is 0 Å². The number of rotatable bonds is 6. The molecule has 0 saturated heterocycles. The monoisotopic (exact) mass is 228 g/mol. The number of azo groups is 1. The highest BCUT2D eigenvalue weighted by molar-refractivity contribution is 5.76. The van der Waals surface area contributed by atoms with Crippen LogP contribution < -0.4 is 22.9 Å². The van der Waals surface area contributed by atoms with Gasteiger partial charge >= 0.3 is 0 Å². The quantitative estimate of drug-likeness (QED) is 0.255. The van der Waals surface area contributed by atoms with Crippen LogP contribution in [0.1, 0.15) is 13.8 Å². The van der Waals surface area contributed by atoms with E-state index in [1.807, 2.05) is 13.8 Å². The lowest BCUT2D eigenvalue weighted by Gasteiger charge is -2.03. The van der Waals surface area contributed by atoms with Gasteiger partial charge in [-0.3, -0.25) is 0 Å². The second kappa shape index (κ2) is 7.43. The van der Waals surface area contributed by atoms with Gasteiger partial charge in [0.05, 0.1) is 25.2 Å². The van der Waals surface area contributed by atoms with Crippen molar-refractivity contribution in [2.24, 2.45) is 43.1 Å². The Hall–Kier alpha value is -1.86. The van der Waals surface area contributed by atoms with Crippen LogP contribution in [-0.2, 0) is 0 Å². The molecule has 0 aliphatic carbocycles. The SMILES string of the molecule is CC(CN=NCC(C)N=C(N)N)N=C(N)N. The van der Waals surface area contributed by atoms with E-state index in [2.05, 4.69) is 20.2 Å². The van der Waals surface area contributed by atoms with Gasteiger partial charge in [-0.15, -0.1) is 0 Å². The molecule has 0 rings (SSSR count). The highest BCUT2D eigenvalue weighted by atomic mass is 15.1. The maximum Gasteiger partial charge on any atom is 0.186 e. The van der Waals surface area contributed by atoms with E-state index in [9.17, 15) is 0 Å². The lowest BCUT2D eigenvalue weighted by atomic mass is 10.3. The molecule has 2 atom stereocenters. The molecule has 16 heavy (non-hydrogen) atoms. The summed E-state index contributed by atoms with van der Waals surface area (Å²) >= 11 is 0. The average Bonchev–Trinajstić information content (AvgIpc) is 2.10. The largest absolute Gasteiger partial charge is 0.370 e. The second-order valence-corrected chi connectivity index (χ2v) is 3.45. The summed E-state index contributed by atoms with van der Waals surface area (Å²) < 4.78 is 0. The molecule has 0 aromatic rings. The standard InChI is InChI=1S/C8H20N8/c1-5(15-7(9)10)3-13-14-4-6(2)16-8(11)12/h5-6H,3-4H2,1-2H3,(H4,9,10,15)(H4,11,12,16). The van der Waals surface area contributed by atoms with Gasteiger partial charge in [0.1, 0.15) is 0 Å². The maximum absolute atomic E-state index is 5.21. The third-order valence-electron chi connectivity index (χ3n) is 1.53. The van der Waals surface area contributed by atoms with Gasteiger partial charge < -0.3 is 22.9 Å². The number of hydrogen-bond donors (Lipinski definition) is 4. The Kier molecular flexibility index (Phi) is 6.57. The minimum absolute atomic E-state index is 0.0524. The van der Waals surface area contributed by atoms with E-state index in [-0.39, 0.29) is 24.0 Å². The van der Waals surface area contributed by atoms with Crippen LogP contribution in [0, 0.1) is 0 Å². The summed E-state index contributed by atoms with van der Waals surface area (Å²) in [6, 6.07) is -0.153. The highest BCUT2D eigenvalue weighted by Crippen LogP contribution is 1.93. The summed E-state index contributed by atoms with van der Waals surface area (Å²) in [5.41, 5.74) is 20.8. The van der Waals surface area contributed by atoms with Gasteiger partial charge in [0, 0.05) is 0 Å². The molecule has 2 unspecified atom stereocenters. The molecule has 0 fully saturated rings. The molecule has 92 valence electrons. The summed E-state index contributed by atoms with van der Waals surface area (Å²) in [5.74, 6) is 0.105. The van der Waals surface area contributed by atoms with Gasteiger partial charge in [0.25, 0.3) is 0 Å². The van der Waals surface area contributed by atoms with Crippen molar-refractivity contribution in [3.05, 3.63) is 0 Å². The summed E-state index contributed by atoms with van der Waals surface area (Å²) in [4.78, 5) is 7.79. The summed E-state index contributed by atoms with van der Waals surface area (Å²) in [7, 11) is 0. The van der Waals surface area contributed by atoms with E-state index < -0.39 is 0 Å². The summed E-state index contributed by atoms with van der Waals surface area (Å²) in [5, 5.41) is 7.86. The molecule has 8 N–H and O–H groups in total. The number of aliphatic imine (C=N–C) groups is 2. The third kappa shape index (κ3) is 8.73. The predicted octanol–water partition coefficient (Wildman–Crippen LogP) is -1.24. The van der Waals surface area contributed by atoms with Gasteiger partial charge in [-0.2, -0.15) is 10.2 Å². The van der Waals surface area contributed by atoms with Crippen molar-refractivity contribution in [2.45, 2.75) is 25.9 Å². The molecule has 0 aliphatic rings. The highest BCUT2D eigenvalue weighted by Gasteiger charge is 1.99. The van der Waals surface area contributed by atoms with E-state index in [1.165, 1.54) is 0 Å². The van der Waals surface area contributed by atoms with E-state index in [0.29, 0.717) is 13.1 Å². The Morgan fingerprint density at radius 1 is 0.812 bits per heavy atom. The summed E-state index contributed by atoms with van der Waals surface area (Å²) in [6.07, 6.45) is 0. The molecule has 0 heterocycles. The minimum atomic E-state index is -0.0767.